The third-order valence-electron chi connectivity index (χ3n) is 2.54. The summed E-state index contributed by atoms with van der Waals surface area (Å²) < 4.78 is 0. The molecule has 0 bridgehead atoms. The highest BCUT2D eigenvalue weighted by atomic mass is 35.5. The fraction of sp³-hybridized carbons (Fsp3) is 0.727. The van der Waals surface area contributed by atoms with Crippen molar-refractivity contribution in [3.8, 4) is 0 Å². The highest BCUT2D eigenvalue weighted by Crippen LogP contribution is 2.09. The minimum Gasteiger partial charge on any atom is -0.343 e. The van der Waals surface area contributed by atoms with Gasteiger partial charge in [0.15, 0.2) is 0 Å². The molecule has 15 heavy (non-hydrogen) atoms. The predicted molar refractivity (Wildman–Crippen MR) is 62.9 cm³/mol. The molecule has 1 saturated heterocycles. The smallest absolute Gasteiger partial charge is 0.223 e. The Kier molecular flexibility index (Phi) is 5.73. The first-order chi connectivity index (χ1) is 7.20. The van der Waals surface area contributed by atoms with Crippen molar-refractivity contribution >= 4 is 17.5 Å². The highest BCUT2D eigenvalue weighted by Gasteiger charge is 2.15. The van der Waals surface area contributed by atoms with Crippen LogP contribution in [0.1, 0.15) is 25.7 Å². The van der Waals surface area contributed by atoms with Gasteiger partial charge in [0.25, 0.3) is 0 Å². The van der Waals surface area contributed by atoms with E-state index in [9.17, 15) is 4.79 Å². The maximum Gasteiger partial charge on any atom is 0.223 e. The molecular formula is C11H19ClN2O. The van der Waals surface area contributed by atoms with Gasteiger partial charge < -0.3 is 10.2 Å². The van der Waals surface area contributed by atoms with E-state index in [0.29, 0.717) is 24.5 Å². The molecule has 1 aliphatic rings. The molecule has 0 aromatic rings. The number of nitrogens with one attached hydrogen (secondary N) is 1. The number of hydrogen-bond acceptors (Lipinski definition) is 2. The molecule has 0 unspecified atom stereocenters. The fourth-order valence-electron chi connectivity index (χ4n) is 1.72. The van der Waals surface area contributed by atoms with Gasteiger partial charge in [-0.05, 0) is 19.3 Å². The first kappa shape index (κ1) is 12.5. The van der Waals surface area contributed by atoms with Crippen molar-refractivity contribution in [1.29, 1.82) is 0 Å². The van der Waals surface area contributed by atoms with E-state index in [0.717, 1.165) is 25.9 Å². The molecule has 0 aromatic carbocycles. The highest BCUT2D eigenvalue weighted by molar-refractivity contribution is 6.29. The Hall–Kier alpha value is -0.540. The summed E-state index contributed by atoms with van der Waals surface area (Å²) in [5, 5.41) is 3.66. The average Bonchev–Trinajstić information content (AvgIpc) is 2.25. The van der Waals surface area contributed by atoms with Gasteiger partial charge >= 0.3 is 0 Å². The van der Waals surface area contributed by atoms with E-state index in [2.05, 4.69) is 11.9 Å². The van der Waals surface area contributed by atoms with Crippen LogP contribution >= 0.6 is 11.6 Å². The summed E-state index contributed by atoms with van der Waals surface area (Å²) in [5.41, 5.74) is 0. The van der Waals surface area contributed by atoms with E-state index in [1.54, 1.807) is 0 Å². The fourth-order valence-corrected chi connectivity index (χ4v) is 1.82. The molecule has 1 amide bonds. The van der Waals surface area contributed by atoms with E-state index in [1.807, 2.05) is 4.90 Å². The molecule has 1 aliphatic heterocycles. The lowest BCUT2D eigenvalue weighted by molar-refractivity contribution is -0.131. The van der Waals surface area contributed by atoms with Crippen LogP contribution in [0.15, 0.2) is 11.6 Å². The van der Waals surface area contributed by atoms with Crippen molar-refractivity contribution < 1.29 is 4.79 Å². The van der Waals surface area contributed by atoms with Gasteiger partial charge in [0, 0.05) is 37.6 Å². The molecule has 0 aromatic heterocycles. The molecule has 3 nitrogen and oxygen atoms in total. The van der Waals surface area contributed by atoms with E-state index < -0.39 is 0 Å². The number of carbonyl (C=O) groups is 1. The Labute approximate surface area is 96.5 Å². The molecule has 0 spiro atoms. The van der Waals surface area contributed by atoms with Crippen molar-refractivity contribution in [1.82, 2.24) is 10.2 Å². The molecule has 1 heterocycles. The summed E-state index contributed by atoms with van der Waals surface area (Å²) in [6.07, 6.45) is 4.12. The first-order valence-corrected chi connectivity index (χ1v) is 5.89. The SMILES string of the molecule is C=C(Cl)CNCCC(=O)N1CCCCC1. The zero-order valence-electron chi connectivity index (χ0n) is 9.10. The van der Waals surface area contributed by atoms with Gasteiger partial charge in [-0.1, -0.05) is 18.2 Å². The zero-order chi connectivity index (χ0) is 11.1. The van der Waals surface area contributed by atoms with Crippen LogP contribution < -0.4 is 5.32 Å². The Morgan fingerprint density at radius 2 is 2.00 bits per heavy atom. The second-order valence-electron chi connectivity index (χ2n) is 3.89. The van der Waals surface area contributed by atoms with Crippen LogP contribution in [0.5, 0.6) is 0 Å². The molecule has 0 radical (unpaired) electrons. The molecule has 1 N–H and O–H groups in total. The topological polar surface area (TPSA) is 32.3 Å². The number of amides is 1. The number of halogens is 1. The first-order valence-electron chi connectivity index (χ1n) is 5.52. The normalized spacial score (nSPS) is 16.5. The van der Waals surface area contributed by atoms with Gasteiger partial charge in [0.1, 0.15) is 0 Å². The summed E-state index contributed by atoms with van der Waals surface area (Å²) in [6.45, 7) is 6.69. The molecule has 0 aliphatic carbocycles. The van der Waals surface area contributed by atoms with Crippen LogP contribution in [-0.2, 0) is 4.79 Å². The summed E-state index contributed by atoms with van der Waals surface area (Å²) in [7, 11) is 0. The number of piperidine rings is 1. The van der Waals surface area contributed by atoms with Crippen molar-refractivity contribution in [2.24, 2.45) is 0 Å². The number of nitrogens with zero attached hydrogens (tertiary/aromatic N) is 1. The molecular weight excluding hydrogens is 212 g/mol. The van der Waals surface area contributed by atoms with E-state index >= 15 is 0 Å². The quantitative estimate of drug-likeness (QED) is 0.730. The second-order valence-corrected chi connectivity index (χ2v) is 4.42. The lowest BCUT2D eigenvalue weighted by Gasteiger charge is -2.26. The van der Waals surface area contributed by atoms with Gasteiger partial charge in [-0.2, -0.15) is 0 Å². The van der Waals surface area contributed by atoms with Crippen LogP contribution in [0.4, 0.5) is 0 Å². The standard InChI is InChI=1S/C11H19ClN2O/c1-10(12)9-13-6-5-11(15)14-7-3-2-4-8-14/h13H,1-9H2. The van der Waals surface area contributed by atoms with Crippen LogP contribution in [0.25, 0.3) is 0 Å². The van der Waals surface area contributed by atoms with Crippen molar-refractivity contribution in [2.45, 2.75) is 25.7 Å². The van der Waals surface area contributed by atoms with Gasteiger partial charge in [0.2, 0.25) is 5.91 Å². The van der Waals surface area contributed by atoms with Crippen LogP contribution in [0.2, 0.25) is 0 Å². The van der Waals surface area contributed by atoms with E-state index in [-0.39, 0.29) is 5.91 Å². The minimum absolute atomic E-state index is 0.252. The maximum absolute atomic E-state index is 11.7. The van der Waals surface area contributed by atoms with Crippen molar-refractivity contribution in [2.75, 3.05) is 26.2 Å². The van der Waals surface area contributed by atoms with Crippen LogP contribution in [0.3, 0.4) is 0 Å². The summed E-state index contributed by atoms with van der Waals surface area (Å²) in [6, 6.07) is 0. The van der Waals surface area contributed by atoms with Gasteiger partial charge in [-0.25, -0.2) is 0 Å². The van der Waals surface area contributed by atoms with Gasteiger partial charge in [-0.3, -0.25) is 4.79 Å². The monoisotopic (exact) mass is 230 g/mol. The van der Waals surface area contributed by atoms with E-state index in [1.165, 1.54) is 6.42 Å². The Balaban J connectivity index is 2.09. The number of hydrogen-bond donors (Lipinski definition) is 1. The minimum atomic E-state index is 0.252. The third kappa shape index (κ3) is 5.19. The number of rotatable bonds is 5. The maximum atomic E-state index is 11.7. The third-order valence-corrected chi connectivity index (χ3v) is 2.67. The number of likely N-dealkylation sites (tertiary alicyclic amines) is 1. The lowest BCUT2D eigenvalue weighted by Crippen LogP contribution is -2.37. The van der Waals surface area contributed by atoms with Gasteiger partial charge in [0.05, 0.1) is 0 Å². The molecule has 1 rings (SSSR count). The van der Waals surface area contributed by atoms with Crippen molar-refractivity contribution in [3.05, 3.63) is 11.6 Å². The second kappa shape index (κ2) is 6.85. The predicted octanol–water partition coefficient (Wildman–Crippen LogP) is 1.73. The average molecular weight is 231 g/mol. The largest absolute Gasteiger partial charge is 0.343 e. The van der Waals surface area contributed by atoms with Crippen LogP contribution in [-0.4, -0.2) is 37.0 Å². The van der Waals surface area contributed by atoms with Gasteiger partial charge in [-0.15, -0.1) is 0 Å². The Morgan fingerprint density at radius 1 is 1.33 bits per heavy atom. The number of carbonyl (C=O) groups excluding carboxylic acids is 1. The summed E-state index contributed by atoms with van der Waals surface area (Å²) >= 11 is 5.59. The summed E-state index contributed by atoms with van der Waals surface area (Å²) in [4.78, 5) is 13.6. The molecule has 0 atom stereocenters. The summed E-state index contributed by atoms with van der Waals surface area (Å²) in [5.74, 6) is 0.252. The molecule has 4 heteroatoms. The molecule has 86 valence electrons. The van der Waals surface area contributed by atoms with Crippen molar-refractivity contribution in [3.63, 3.8) is 0 Å². The Bertz CT molecular complexity index is 225. The molecule has 0 saturated carbocycles. The van der Waals surface area contributed by atoms with E-state index in [4.69, 9.17) is 11.6 Å². The molecule has 1 fully saturated rings. The zero-order valence-corrected chi connectivity index (χ0v) is 9.85. The van der Waals surface area contributed by atoms with Crippen LogP contribution in [0, 0.1) is 0 Å². The Morgan fingerprint density at radius 3 is 2.60 bits per heavy atom. The lowest BCUT2D eigenvalue weighted by atomic mass is 10.1.